The van der Waals surface area contributed by atoms with Gasteiger partial charge in [-0.15, -0.1) is 4.90 Å². The summed E-state index contributed by atoms with van der Waals surface area (Å²) in [4.78, 5) is 36.1. The lowest BCUT2D eigenvalue weighted by molar-refractivity contribution is -0.681. The fraction of sp³-hybridized carbons (Fsp3) is 0.423. The van der Waals surface area contributed by atoms with Crippen LogP contribution in [-0.4, -0.2) is 141 Å². The largest absolute Gasteiger partial charge is 0.400 e. The molecule has 276 valence electrons. The third kappa shape index (κ3) is 5.78. The molecule has 24 heteroatoms. The molecule has 0 radical (unpaired) electrons. The monoisotopic (exact) mass is 722 g/mol. The minimum absolute atomic E-state index is 0.0290. The van der Waals surface area contributed by atoms with Gasteiger partial charge in [0.25, 0.3) is 23.6 Å². The van der Waals surface area contributed by atoms with Crippen LogP contribution in [0, 0.1) is 5.82 Å². The van der Waals surface area contributed by atoms with Crippen LogP contribution in [0.3, 0.4) is 0 Å². The summed E-state index contributed by atoms with van der Waals surface area (Å²) in [6.45, 7) is 0. The molecule has 0 spiro atoms. The average molecular weight is 723 g/mol. The number of benzene rings is 2. The zero-order valence-corrected chi connectivity index (χ0v) is 25.1. The molecular weight excluding hydrogens is 691 g/mol. The van der Waals surface area contributed by atoms with E-state index in [1.807, 2.05) is 10.6 Å². The number of hydrogen-bond donors (Lipinski definition) is 17. The molecule has 3 aliphatic heterocycles. The number of hydrogen-bond acceptors (Lipinski definition) is 21. The van der Waals surface area contributed by atoms with E-state index in [0.717, 1.165) is 25.3 Å². The highest BCUT2D eigenvalue weighted by molar-refractivity contribution is 6.06. The molecule has 3 heterocycles. The molecule has 2 saturated heterocycles. The van der Waals surface area contributed by atoms with Crippen molar-refractivity contribution in [3.8, 4) is 0 Å². The van der Waals surface area contributed by atoms with E-state index >= 15 is 4.39 Å². The number of piperidine rings is 1. The highest BCUT2D eigenvalue weighted by Crippen LogP contribution is 2.48. The van der Waals surface area contributed by atoms with Gasteiger partial charge in [0.1, 0.15) is 11.9 Å². The van der Waals surface area contributed by atoms with Gasteiger partial charge in [-0.2, -0.15) is 0 Å². The quantitative estimate of drug-likeness (QED) is 0.0972. The third-order valence-corrected chi connectivity index (χ3v) is 7.84. The SMILES string of the molecule is CO.O=C1CCC(N2C(=O)c3cccc(NC(O)(O)c4ccc(C(O)(O)N5C(O)(O)C(O)(O)OC(O)(O)C5(O)O)cc4F)c3C2(O)O)C(=O)N1. The molecule has 1 atom stereocenters. The van der Waals surface area contributed by atoms with Crippen LogP contribution >= 0.6 is 0 Å². The fourth-order valence-electron chi connectivity index (χ4n) is 5.54. The van der Waals surface area contributed by atoms with Gasteiger partial charge in [-0.3, -0.25) is 29.3 Å². The van der Waals surface area contributed by atoms with Crippen molar-refractivity contribution in [2.24, 2.45) is 0 Å². The number of ether oxygens (including phenoxy) is 1. The number of aliphatic hydroxyl groups is 15. The van der Waals surface area contributed by atoms with Crippen molar-refractivity contribution in [1.29, 1.82) is 0 Å². The van der Waals surface area contributed by atoms with Crippen molar-refractivity contribution in [3.63, 3.8) is 0 Å². The average Bonchev–Trinajstić information content (AvgIpc) is 3.17. The van der Waals surface area contributed by atoms with E-state index in [2.05, 4.69) is 4.74 Å². The summed E-state index contributed by atoms with van der Waals surface area (Å²) in [6.07, 6.45) is -0.579. The van der Waals surface area contributed by atoms with Crippen LogP contribution in [0.2, 0.25) is 0 Å². The van der Waals surface area contributed by atoms with Crippen molar-refractivity contribution in [3.05, 3.63) is 64.5 Å². The highest BCUT2D eigenvalue weighted by atomic mass is 19.1. The Hall–Kier alpha value is -3.90. The van der Waals surface area contributed by atoms with Gasteiger partial charge in [-0.25, -0.2) is 4.39 Å². The van der Waals surface area contributed by atoms with Crippen LogP contribution in [0.25, 0.3) is 0 Å². The summed E-state index contributed by atoms with van der Waals surface area (Å²) < 4.78 is 19.0. The Bertz CT molecular complexity index is 1690. The Morgan fingerprint density at radius 1 is 0.880 bits per heavy atom. The Balaban J connectivity index is 0.00000276. The fourth-order valence-corrected chi connectivity index (χ4v) is 5.54. The van der Waals surface area contributed by atoms with E-state index in [0.29, 0.717) is 17.0 Å². The Morgan fingerprint density at radius 2 is 1.44 bits per heavy atom. The summed E-state index contributed by atoms with van der Waals surface area (Å²) in [5.74, 6) is -34.8. The van der Waals surface area contributed by atoms with Gasteiger partial charge in [-0.05, 0) is 30.7 Å². The third-order valence-electron chi connectivity index (χ3n) is 7.84. The van der Waals surface area contributed by atoms with Gasteiger partial charge in [-0.1, -0.05) is 12.1 Å². The topological polar surface area (TPSA) is 394 Å². The molecule has 0 aromatic heterocycles. The molecule has 50 heavy (non-hydrogen) atoms. The van der Waals surface area contributed by atoms with Crippen LogP contribution in [0.1, 0.15) is 39.9 Å². The molecule has 17 N–H and O–H groups in total. The van der Waals surface area contributed by atoms with Crippen LogP contribution in [-0.2, 0) is 32.1 Å². The molecule has 0 aliphatic carbocycles. The molecule has 1 unspecified atom stereocenters. The predicted molar refractivity (Wildman–Crippen MR) is 147 cm³/mol. The summed E-state index contributed by atoms with van der Waals surface area (Å²) in [5, 5.41) is 155. The zero-order chi connectivity index (χ0) is 38.2. The number of imide groups is 1. The molecule has 3 aliphatic rings. The molecule has 5 rings (SSSR count). The number of nitrogens with zero attached hydrogens (tertiary/aromatic N) is 2. The normalized spacial score (nSPS) is 23.8. The highest BCUT2D eigenvalue weighted by Gasteiger charge is 2.78. The first kappa shape index (κ1) is 38.9. The summed E-state index contributed by atoms with van der Waals surface area (Å²) in [5.41, 5.74) is -4.52. The molecule has 2 aromatic rings. The maximum atomic E-state index is 15.4. The maximum Gasteiger partial charge on any atom is 0.356 e. The van der Waals surface area contributed by atoms with Crippen LogP contribution in [0.4, 0.5) is 10.1 Å². The van der Waals surface area contributed by atoms with E-state index in [1.165, 1.54) is 0 Å². The molecule has 23 nitrogen and oxygen atoms in total. The first-order chi connectivity index (χ1) is 22.7. The lowest BCUT2D eigenvalue weighted by atomic mass is 10.0. The summed E-state index contributed by atoms with van der Waals surface area (Å²) in [7, 11) is 1.00. The van der Waals surface area contributed by atoms with E-state index < -0.39 is 104 Å². The van der Waals surface area contributed by atoms with E-state index in [4.69, 9.17) is 5.11 Å². The predicted octanol–water partition coefficient (Wildman–Crippen LogP) is -8.02. The Labute approximate surface area is 276 Å². The second kappa shape index (κ2) is 12.1. The number of nitrogens with one attached hydrogen (secondary N) is 2. The zero-order valence-electron chi connectivity index (χ0n) is 25.1. The van der Waals surface area contributed by atoms with E-state index in [9.17, 15) is 85.9 Å². The number of aliphatic hydroxyl groups excluding tert-OH is 1. The van der Waals surface area contributed by atoms with Gasteiger partial charge in [0, 0.05) is 24.8 Å². The number of fused-ring (bicyclic) bond motifs is 1. The van der Waals surface area contributed by atoms with Crippen LogP contribution < -0.4 is 10.6 Å². The van der Waals surface area contributed by atoms with Crippen molar-refractivity contribution >= 4 is 23.4 Å². The molecule has 2 aromatic carbocycles. The first-order valence-electron chi connectivity index (χ1n) is 13.7. The molecule has 3 amide bonds. The number of morpholine rings is 1. The lowest BCUT2D eigenvalue weighted by Crippen LogP contribution is -2.87. The smallest absolute Gasteiger partial charge is 0.356 e. The minimum Gasteiger partial charge on any atom is -0.400 e. The van der Waals surface area contributed by atoms with Crippen molar-refractivity contribution in [1.82, 2.24) is 15.1 Å². The van der Waals surface area contributed by atoms with Gasteiger partial charge in [0.05, 0.1) is 16.7 Å². The second-order valence-electron chi connectivity index (χ2n) is 11.1. The summed E-state index contributed by atoms with van der Waals surface area (Å²) in [6, 6.07) is 2.24. The van der Waals surface area contributed by atoms with E-state index in [-0.39, 0.29) is 18.9 Å². The number of carbonyl (C=O) groups is 3. The number of anilines is 1. The van der Waals surface area contributed by atoms with Crippen LogP contribution in [0.15, 0.2) is 36.4 Å². The number of amides is 3. The van der Waals surface area contributed by atoms with Gasteiger partial charge in [0.15, 0.2) is 0 Å². The minimum atomic E-state index is -4.75. The van der Waals surface area contributed by atoms with Gasteiger partial charge < -0.3 is 81.9 Å². The maximum absolute atomic E-state index is 15.4. The second-order valence-corrected chi connectivity index (χ2v) is 11.1. The molecule has 2 fully saturated rings. The number of rotatable bonds is 6. The van der Waals surface area contributed by atoms with Crippen LogP contribution in [0.5, 0.6) is 0 Å². The van der Waals surface area contributed by atoms with Crippen molar-refractivity contribution < 1.29 is 100 Å². The number of carbonyl (C=O) groups excluding carboxylic acids is 3. The molecule has 0 saturated carbocycles. The summed E-state index contributed by atoms with van der Waals surface area (Å²) >= 11 is 0. The molecule has 0 bridgehead atoms. The van der Waals surface area contributed by atoms with E-state index in [1.54, 1.807) is 0 Å². The van der Waals surface area contributed by atoms with Crippen molar-refractivity contribution in [2.45, 2.75) is 60.4 Å². The lowest BCUT2D eigenvalue weighted by Gasteiger charge is -2.57. The number of halogens is 1. The standard InChI is InChI=1S/C25H27FN4O18.CH4O/c26-12-8-9(20(36,37)30-22(40,41)24(44,45)48-25(46,47)23(30,42)43)4-5-11(12)19(34,35)28-13-3-1-2-10-16(13)21(38,39)29(18(10)33)14-6-7-15(31)27-17(14)32;1-2/h1-5,8,14,28,34-47H,6-7H2,(H,27,31,32);2H,1H3. The Morgan fingerprint density at radius 3 is 1.96 bits per heavy atom. The first-order valence-corrected chi connectivity index (χ1v) is 13.7. The molecular formula is C26H31FN4O19. The Kier molecular flexibility index (Phi) is 9.42. The van der Waals surface area contributed by atoms with Gasteiger partial charge in [0.2, 0.25) is 11.8 Å². The van der Waals surface area contributed by atoms with Gasteiger partial charge >= 0.3 is 23.8 Å². The van der Waals surface area contributed by atoms with Crippen molar-refractivity contribution in [2.75, 3.05) is 12.4 Å².